The van der Waals surface area contributed by atoms with Crippen LogP contribution < -0.4 is 5.56 Å². The average Bonchev–Trinajstić information content (AvgIpc) is 2.01. The molecule has 0 aliphatic rings. The molecule has 0 aliphatic heterocycles. The molecule has 0 spiro atoms. The summed E-state index contributed by atoms with van der Waals surface area (Å²) in [6.45, 7) is 0. The molecule has 0 amide bonds. The van der Waals surface area contributed by atoms with E-state index in [1.165, 1.54) is 0 Å². The molecular weight excluding hydrogens is 265 g/mol. The minimum atomic E-state index is -4.36. The molecule has 0 bridgehead atoms. The van der Waals surface area contributed by atoms with E-state index < -0.39 is 18.2 Å². The highest BCUT2D eigenvalue weighted by Gasteiger charge is 2.29. The van der Waals surface area contributed by atoms with Gasteiger partial charge in [0.05, 0.1) is 0 Å². The minimum absolute atomic E-state index is 0.266. The number of nitrogens with zero attached hydrogens (tertiary/aromatic N) is 1. The van der Waals surface area contributed by atoms with Crippen LogP contribution in [0, 0.1) is 0 Å². The maximum atomic E-state index is 11.9. The summed E-state index contributed by atoms with van der Waals surface area (Å²) in [5, 5.41) is 0.266. The second kappa shape index (κ2) is 4.12. The molecule has 0 atom stereocenters. The van der Waals surface area contributed by atoms with Gasteiger partial charge in [-0.15, -0.1) is 0 Å². The number of halogens is 4. The number of rotatable bonds is 2. The third-order valence-corrected chi connectivity index (χ3v) is 2.04. The van der Waals surface area contributed by atoms with Crippen LogP contribution in [0.1, 0.15) is 11.4 Å². The number of H-pyrrole nitrogens is 1. The average molecular weight is 271 g/mol. The fourth-order valence-electron chi connectivity index (χ4n) is 0.833. The SMILES string of the molecule is O=c1[nH]c(CC(F)(F)F)ncc1CBr. The molecule has 0 radical (unpaired) electrons. The Morgan fingerprint density at radius 2 is 2.14 bits per heavy atom. The van der Waals surface area contributed by atoms with Gasteiger partial charge in [-0.3, -0.25) is 4.79 Å². The maximum Gasteiger partial charge on any atom is 0.396 e. The van der Waals surface area contributed by atoms with E-state index in [9.17, 15) is 18.0 Å². The molecule has 0 unspecified atom stereocenters. The van der Waals surface area contributed by atoms with Gasteiger partial charge >= 0.3 is 6.18 Å². The van der Waals surface area contributed by atoms with Gasteiger partial charge in [-0.05, 0) is 0 Å². The van der Waals surface area contributed by atoms with Crippen molar-refractivity contribution in [3.05, 3.63) is 27.9 Å². The van der Waals surface area contributed by atoms with Crippen LogP contribution in [0.3, 0.4) is 0 Å². The molecular formula is C7H6BrF3N2O. The number of alkyl halides is 4. The summed E-state index contributed by atoms with van der Waals surface area (Å²) in [5.41, 5.74) is -0.243. The number of aromatic nitrogens is 2. The summed E-state index contributed by atoms with van der Waals surface area (Å²) >= 11 is 3.01. The highest BCUT2D eigenvalue weighted by atomic mass is 79.9. The first-order chi connectivity index (χ1) is 6.42. The van der Waals surface area contributed by atoms with E-state index >= 15 is 0 Å². The molecule has 0 saturated carbocycles. The van der Waals surface area contributed by atoms with Gasteiger partial charge in [0.1, 0.15) is 12.2 Å². The minimum Gasteiger partial charge on any atom is -0.310 e. The smallest absolute Gasteiger partial charge is 0.310 e. The molecule has 0 fully saturated rings. The lowest BCUT2D eigenvalue weighted by Crippen LogP contribution is -2.20. The van der Waals surface area contributed by atoms with Crippen LogP contribution in [0.5, 0.6) is 0 Å². The zero-order valence-electron chi connectivity index (χ0n) is 6.86. The van der Waals surface area contributed by atoms with Crippen LogP contribution in [0.15, 0.2) is 11.0 Å². The first-order valence-corrected chi connectivity index (χ1v) is 4.74. The zero-order chi connectivity index (χ0) is 10.8. The van der Waals surface area contributed by atoms with E-state index in [1.807, 2.05) is 0 Å². The van der Waals surface area contributed by atoms with Crippen molar-refractivity contribution < 1.29 is 13.2 Å². The molecule has 1 N–H and O–H groups in total. The van der Waals surface area contributed by atoms with Crippen molar-refractivity contribution in [3.8, 4) is 0 Å². The Kier molecular flexibility index (Phi) is 3.30. The molecule has 1 heterocycles. The largest absolute Gasteiger partial charge is 0.396 e. The van der Waals surface area contributed by atoms with Crippen LogP contribution in [0.25, 0.3) is 0 Å². The van der Waals surface area contributed by atoms with Crippen LogP contribution in [0.2, 0.25) is 0 Å². The highest BCUT2D eigenvalue weighted by molar-refractivity contribution is 9.08. The normalized spacial score (nSPS) is 11.7. The van der Waals surface area contributed by atoms with Crippen LogP contribution in [0.4, 0.5) is 13.2 Å². The summed E-state index contributed by atoms with van der Waals surface area (Å²) in [6, 6.07) is 0. The van der Waals surface area contributed by atoms with E-state index in [2.05, 4.69) is 25.9 Å². The standard InChI is InChI=1S/C7H6BrF3N2O/c8-2-4-3-12-5(13-6(4)14)1-7(9,10)11/h3H,1-2H2,(H,12,13,14). The van der Waals surface area contributed by atoms with Gasteiger partial charge in [0.2, 0.25) is 0 Å². The molecule has 0 aliphatic carbocycles. The quantitative estimate of drug-likeness (QED) is 0.833. The van der Waals surface area contributed by atoms with Crippen LogP contribution in [-0.2, 0) is 11.8 Å². The predicted octanol–water partition coefficient (Wildman–Crippen LogP) is 1.77. The molecule has 7 heteroatoms. The van der Waals surface area contributed by atoms with Crippen LogP contribution >= 0.6 is 15.9 Å². The van der Waals surface area contributed by atoms with Crippen molar-refractivity contribution in [2.45, 2.75) is 17.9 Å². The second-order valence-electron chi connectivity index (χ2n) is 2.61. The topological polar surface area (TPSA) is 45.8 Å². The number of nitrogens with one attached hydrogen (secondary N) is 1. The summed E-state index contributed by atoms with van der Waals surface area (Å²) in [5.74, 6) is -0.368. The van der Waals surface area contributed by atoms with Crippen molar-refractivity contribution in [3.63, 3.8) is 0 Å². The number of hydrogen-bond acceptors (Lipinski definition) is 2. The van der Waals surface area contributed by atoms with Crippen molar-refractivity contribution in [2.75, 3.05) is 0 Å². The first kappa shape index (κ1) is 11.2. The molecule has 1 rings (SSSR count). The van der Waals surface area contributed by atoms with Gasteiger partial charge in [0.15, 0.2) is 0 Å². The molecule has 14 heavy (non-hydrogen) atoms. The molecule has 78 valence electrons. The Morgan fingerprint density at radius 3 is 2.57 bits per heavy atom. The van der Waals surface area contributed by atoms with E-state index in [0.29, 0.717) is 5.56 Å². The van der Waals surface area contributed by atoms with E-state index in [-0.39, 0.29) is 11.2 Å². The fraction of sp³-hybridized carbons (Fsp3) is 0.429. The van der Waals surface area contributed by atoms with Gasteiger partial charge in [0.25, 0.3) is 5.56 Å². The summed E-state index contributed by atoms with van der Waals surface area (Å²) < 4.78 is 35.7. The van der Waals surface area contributed by atoms with Gasteiger partial charge in [-0.2, -0.15) is 13.2 Å². The lowest BCUT2D eigenvalue weighted by molar-refractivity contribution is -0.128. The first-order valence-electron chi connectivity index (χ1n) is 3.62. The Labute approximate surface area is 85.5 Å². The Morgan fingerprint density at radius 1 is 1.50 bits per heavy atom. The molecule has 3 nitrogen and oxygen atoms in total. The molecule has 0 saturated heterocycles. The molecule has 0 aromatic carbocycles. The van der Waals surface area contributed by atoms with E-state index in [4.69, 9.17) is 0 Å². The second-order valence-corrected chi connectivity index (χ2v) is 3.17. The van der Waals surface area contributed by atoms with Gasteiger partial charge in [-0.25, -0.2) is 4.98 Å². The van der Waals surface area contributed by atoms with Crippen molar-refractivity contribution in [1.82, 2.24) is 9.97 Å². The van der Waals surface area contributed by atoms with Crippen molar-refractivity contribution in [2.24, 2.45) is 0 Å². The number of hydrogen-bond donors (Lipinski definition) is 1. The highest BCUT2D eigenvalue weighted by Crippen LogP contribution is 2.18. The fourth-order valence-corrected chi connectivity index (χ4v) is 1.23. The maximum absolute atomic E-state index is 11.9. The third kappa shape index (κ3) is 3.13. The van der Waals surface area contributed by atoms with Crippen molar-refractivity contribution >= 4 is 15.9 Å². The molecule has 1 aromatic rings. The third-order valence-electron chi connectivity index (χ3n) is 1.44. The lowest BCUT2D eigenvalue weighted by atomic mass is 10.3. The molecule has 1 aromatic heterocycles. The lowest BCUT2D eigenvalue weighted by Gasteiger charge is -2.05. The monoisotopic (exact) mass is 270 g/mol. The zero-order valence-corrected chi connectivity index (χ0v) is 8.44. The van der Waals surface area contributed by atoms with Gasteiger partial charge in [-0.1, -0.05) is 15.9 Å². The van der Waals surface area contributed by atoms with E-state index in [1.54, 1.807) is 0 Å². The van der Waals surface area contributed by atoms with E-state index in [0.717, 1.165) is 6.20 Å². The van der Waals surface area contributed by atoms with Crippen LogP contribution in [-0.4, -0.2) is 16.1 Å². The Hall–Kier alpha value is -0.850. The Bertz CT molecular complexity index is 374. The predicted molar refractivity (Wildman–Crippen MR) is 47.2 cm³/mol. The van der Waals surface area contributed by atoms with Gasteiger partial charge in [0, 0.05) is 17.1 Å². The van der Waals surface area contributed by atoms with Crippen molar-refractivity contribution in [1.29, 1.82) is 0 Å². The number of aromatic amines is 1. The summed E-state index contributed by atoms with van der Waals surface area (Å²) in [6.07, 6.45) is -4.44. The summed E-state index contributed by atoms with van der Waals surface area (Å²) in [4.78, 5) is 16.6. The summed E-state index contributed by atoms with van der Waals surface area (Å²) in [7, 11) is 0. The van der Waals surface area contributed by atoms with Gasteiger partial charge < -0.3 is 4.98 Å². The Balaban J connectivity index is 2.93.